The van der Waals surface area contributed by atoms with Gasteiger partial charge in [0.25, 0.3) is 5.56 Å². The highest BCUT2D eigenvalue weighted by molar-refractivity contribution is 5.92. The van der Waals surface area contributed by atoms with Crippen LogP contribution in [-0.2, 0) is 26.2 Å². The number of H-pyrrole nitrogens is 1. The predicted molar refractivity (Wildman–Crippen MR) is 140 cm³/mol. The second-order valence-corrected chi connectivity index (χ2v) is 9.60. The van der Waals surface area contributed by atoms with Gasteiger partial charge in [0.05, 0.1) is 13.1 Å². The average Bonchev–Trinajstić information content (AvgIpc) is 3.19. The van der Waals surface area contributed by atoms with Crippen molar-refractivity contribution in [2.24, 2.45) is 11.7 Å². The van der Waals surface area contributed by atoms with Gasteiger partial charge in [0.15, 0.2) is 11.2 Å². The lowest BCUT2D eigenvalue weighted by Gasteiger charge is -2.18. The molecular weight excluding hydrogens is 456 g/mol. The first-order valence-electron chi connectivity index (χ1n) is 12.1. The van der Waals surface area contributed by atoms with Crippen molar-refractivity contribution in [2.75, 3.05) is 7.05 Å². The third kappa shape index (κ3) is 5.63. The van der Waals surface area contributed by atoms with Crippen molar-refractivity contribution < 1.29 is 4.79 Å². The summed E-state index contributed by atoms with van der Waals surface area (Å²) in [6, 6.07) is 16.8. The Bertz CT molecular complexity index is 1480. The summed E-state index contributed by atoms with van der Waals surface area (Å²) < 4.78 is 3.46. The first-order chi connectivity index (χ1) is 17.2. The highest BCUT2D eigenvalue weighted by atomic mass is 16.2. The molecule has 0 aliphatic carbocycles. The van der Waals surface area contributed by atoms with Crippen molar-refractivity contribution >= 4 is 17.1 Å². The number of carbonyl (C=O) groups is 1. The third-order valence-corrected chi connectivity index (χ3v) is 6.15. The largest absolute Gasteiger partial charge is 0.366 e. The Kier molecular flexibility index (Phi) is 7.49. The molecule has 36 heavy (non-hydrogen) atoms. The summed E-state index contributed by atoms with van der Waals surface area (Å²) in [6.45, 7) is 6.19. The minimum Gasteiger partial charge on any atom is -0.366 e. The summed E-state index contributed by atoms with van der Waals surface area (Å²) in [5.74, 6) is 0.668. The zero-order valence-corrected chi connectivity index (χ0v) is 20.9. The van der Waals surface area contributed by atoms with Gasteiger partial charge in [-0.05, 0) is 42.6 Å². The molecule has 188 valence electrons. The van der Waals surface area contributed by atoms with E-state index < -0.39 is 17.2 Å². The standard InChI is InChI=1S/C27H32N6O3/c1-18(2)12-13-32-22(17-31(3)15-20-10-7-11-21(14-20)24(28)34)29-25-23(32)26(35)30-27(36)33(25)16-19-8-5-4-6-9-19/h4-11,14,18H,12-13,15-17H2,1-3H3,(H2,28,34)(H,30,35,36). The van der Waals surface area contributed by atoms with Gasteiger partial charge in [0, 0.05) is 18.7 Å². The number of nitrogens with zero attached hydrogens (tertiary/aromatic N) is 4. The van der Waals surface area contributed by atoms with E-state index in [-0.39, 0.29) is 0 Å². The summed E-state index contributed by atoms with van der Waals surface area (Å²) in [4.78, 5) is 46.7. The zero-order valence-electron chi connectivity index (χ0n) is 20.9. The quantitative estimate of drug-likeness (QED) is 0.356. The molecule has 0 radical (unpaired) electrons. The van der Waals surface area contributed by atoms with E-state index in [0.29, 0.717) is 54.6 Å². The van der Waals surface area contributed by atoms with Gasteiger partial charge >= 0.3 is 5.69 Å². The molecule has 0 aliphatic rings. The Balaban J connectivity index is 1.73. The Morgan fingerprint density at radius 1 is 1.03 bits per heavy atom. The maximum Gasteiger partial charge on any atom is 0.330 e. The number of hydrogen-bond acceptors (Lipinski definition) is 5. The van der Waals surface area contributed by atoms with E-state index in [0.717, 1.165) is 17.5 Å². The third-order valence-electron chi connectivity index (χ3n) is 6.15. The van der Waals surface area contributed by atoms with Crippen molar-refractivity contribution in [3.8, 4) is 0 Å². The monoisotopic (exact) mass is 488 g/mol. The summed E-state index contributed by atoms with van der Waals surface area (Å²) in [5, 5.41) is 0. The van der Waals surface area contributed by atoms with Gasteiger partial charge in [-0.25, -0.2) is 9.78 Å². The average molecular weight is 489 g/mol. The van der Waals surface area contributed by atoms with Crippen molar-refractivity contribution in [3.05, 3.63) is 98.0 Å². The summed E-state index contributed by atoms with van der Waals surface area (Å²) in [5.41, 5.74) is 7.65. The van der Waals surface area contributed by atoms with E-state index in [2.05, 4.69) is 23.7 Å². The maximum atomic E-state index is 13.0. The number of primary amides is 1. The number of aromatic amines is 1. The topological polar surface area (TPSA) is 119 Å². The van der Waals surface area contributed by atoms with Gasteiger partial charge in [0.1, 0.15) is 5.82 Å². The number of hydrogen-bond donors (Lipinski definition) is 2. The number of rotatable bonds is 10. The molecular formula is C27H32N6O3. The number of aryl methyl sites for hydroxylation is 1. The van der Waals surface area contributed by atoms with Crippen LogP contribution in [0.4, 0.5) is 0 Å². The number of aromatic nitrogens is 4. The number of nitrogens with two attached hydrogens (primary N) is 1. The van der Waals surface area contributed by atoms with Crippen molar-refractivity contribution in [1.29, 1.82) is 0 Å². The van der Waals surface area contributed by atoms with Crippen LogP contribution in [0.15, 0.2) is 64.2 Å². The molecule has 9 heteroatoms. The normalized spacial score (nSPS) is 11.6. The molecule has 1 amide bonds. The smallest absolute Gasteiger partial charge is 0.330 e. The van der Waals surface area contributed by atoms with E-state index >= 15 is 0 Å². The first kappa shape index (κ1) is 25.1. The molecule has 0 spiro atoms. The second kappa shape index (κ2) is 10.7. The molecule has 0 saturated heterocycles. The Morgan fingerprint density at radius 3 is 2.44 bits per heavy atom. The van der Waals surface area contributed by atoms with Gasteiger partial charge in [0.2, 0.25) is 5.91 Å². The van der Waals surface area contributed by atoms with E-state index in [4.69, 9.17) is 10.7 Å². The van der Waals surface area contributed by atoms with Crippen LogP contribution in [0.2, 0.25) is 0 Å². The van der Waals surface area contributed by atoms with Crippen LogP contribution in [0.5, 0.6) is 0 Å². The van der Waals surface area contributed by atoms with E-state index in [1.165, 1.54) is 4.57 Å². The Hall–Kier alpha value is -3.98. The Morgan fingerprint density at radius 2 is 1.75 bits per heavy atom. The lowest BCUT2D eigenvalue weighted by molar-refractivity contribution is 0.1000. The molecule has 0 unspecified atom stereocenters. The molecule has 9 nitrogen and oxygen atoms in total. The molecule has 3 N–H and O–H groups in total. The van der Waals surface area contributed by atoms with Crippen LogP contribution >= 0.6 is 0 Å². The Labute approximate surface area is 209 Å². The molecule has 0 atom stereocenters. The minimum absolute atomic E-state index is 0.309. The fraction of sp³-hybridized carbons (Fsp3) is 0.333. The van der Waals surface area contributed by atoms with Crippen LogP contribution in [0, 0.1) is 5.92 Å². The zero-order chi connectivity index (χ0) is 25.8. The highest BCUT2D eigenvalue weighted by Gasteiger charge is 2.20. The predicted octanol–water partition coefficient (Wildman–Crippen LogP) is 2.71. The fourth-order valence-corrected chi connectivity index (χ4v) is 4.31. The molecule has 2 aromatic carbocycles. The minimum atomic E-state index is -0.479. The number of imidazole rings is 1. The van der Waals surface area contributed by atoms with Crippen LogP contribution in [0.3, 0.4) is 0 Å². The number of carbonyl (C=O) groups excluding carboxylic acids is 1. The lowest BCUT2D eigenvalue weighted by Crippen LogP contribution is -2.31. The fourth-order valence-electron chi connectivity index (χ4n) is 4.31. The van der Waals surface area contributed by atoms with Gasteiger partial charge in [-0.2, -0.15) is 0 Å². The van der Waals surface area contributed by atoms with Crippen LogP contribution < -0.4 is 17.0 Å². The number of fused-ring (bicyclic) bond motifs is 1. The van der Waals surface area contributed by atoms with Gasteiger partial charge in [-0.15, -0.1) is 0 Å². The van der Waals surface area contributed by atoms with Crippen molar-refractivity contribution in [1.82, 2.24) is 24.0 Å². The molecule has 0 bridgehead atoms. The maximum absolute atomic E-state index is 13.0. The van der Waals surface area contributed by atoms with Gasteiger partial charge in [-0.1, -0.05) is 56.3 Å². The second-order valence-electron chi connectivity index (χ2n) is 9.60. The van der Waals surface area contributed by atoms with E-state index in [1.54, 1.807) is 12.1 Å². The molecule has 0 aliphatic heterocycles. The van der Waals surface area contributed by atoms with Crippen LogP contribution in [-0.4, -0.2) is 37.0 Å². The molecule has 2 aromatic heterocycles. The molecule has 0 fully saturated rings. The van der Waals surface area contributed by atoms with Crippen LogP contribution in [0.1, 0.15) is 47.6 Å². The number of amides is 1. The van der Waals surface area contributed by atoms with E-state index in [1.807, 2.05) is 54.1 Å². The van der Waals surface area contributed by atoms with E-state index in [9.17, 15) is 14.4 Å². The highest BCUT2D eigenvalue weighted by Crippen LogP contribution is 2.18. The van der Waals surface area contributed by atoms with Gasteiger partial charge < -0.3 is 10.3 Å². The molecule has 4 rings (SSSR count). The summed E-state index contributed by atoms with van der Waals surface area (Å²) in [7, 11) is 1.95. The van der Waals surface area contributed by atoms with Crippen molar-refractivity contribution in [3.63, 3.8) is 0 Å². The summed E-state index contributed by atoms with van der Waals surface area (Å²) >= 11 is 0. The van der Waals surface area contributed by atoms with Gasteiger partial charge in [-0.3, -0.25) is 24.0 Å². The lowest BCUT2D eigenvalue weighted by atomic mass is 10.1. The number of nitrogens with one attached hydrogen (secondary N) is 1. The molecule has 4 aromatic rings. The van der Waals surface area contributed by atoms with Crippen LogP contribution in [0.25, 0.3) is 11.2 Å². The molecule has 0 saturated carbocycles. The first-order valence-corrected chi connectivity index (χ1v) is 12.1. The SMILES string of the molecule is CC(C)CCn1c(CN(C)Cc2cccc(C(N)=O)c2)nc2c1c(=O)[nH]c(=O)n2Cc1ccccc1. The number of benzene rings is 2. The summed E-state index contributed by atoms with van der Waals surface area (Å²) in [6.07, 6.45) is 0.861. The van der Waals surface area contributed by atoms with Crippen molar-refractivity contribution in [2.45, 2.75) is 46.4 Å². The molecule has 2 heterocycles.